The molecule has 6 heavy (non-hydrogen) atoms. The summed E-state index contributed by atoms with van der Waals surface area (Å²) >= 11 is 2.49. The van der Waals surface area contributed by atoms with E-state index in [0.717, 1.165) is 0 Å². The van der Waals surface area contributed by atoms with Crippen molar-refractivity contribution in [3.05, 3.63) is 0 Å². The van der Waals surface area contributed by atoms with Crippen LogP contribution in [0.25, 0.3) is 0 Å². The summed E-state index contributed by atoms with van der Waals surface area (Å²) in [6.45, 7) is 0. The maximum atomic E-state index is 2.49. The van der Waals surface area contributed by atoms with Gasteiger partial charge < -0.3 is 3.88 Å². The van der Waals surface area contributed by atoms with Crippen molar-refractivity contribution in [3.8, 4) is 0 Å². The molecule has 0 N–H and O–H groups in total. The Morgan fingerprint density at radius 2 is 1.17 bits per heavy atom. The maximum absolute atomic E-state index is 2.49. The lowest BCUT2D eigenvalue weighted by atomic mass is 11.3. The summed E-state index contributed by atoms with van der Waals surface area (Å²) in [5.41, 5.74) is 0. The van der Waals surface area contributed by atoms with Gasteiger partial charge in [0.05, 0.1) is 0 Å². The second-order valence-corrected chi connectivity index (χ2v) is 2.00. The average molecular weight is 144 g/mol. The number of halogens is 2. The number of hydrogen-bond acceptors (Lipinski definition) is 1. The molecule has 0 rings (SSSR count). The summed E-state index contributed by atoms with van der Waals surface area (Å²) in [5, 5.41) is 0. The van der Waals surface area contributed by atoms with Crippen LogP contribution in [0.15, 0.2) is 0 Å². The zero-order valence-electron chi connectivity index (χ0n) is 3.84. The molecule has 0 aliphatic rings. The van der Waals surface area contributed by atoms with E-state index < -0.39 is 0 Å². The fourth-order valence-corrected chi connectivity index (χ4v) is 0. The van der Waals surface area contributed by atoms with Gasteiger partial charge in [-0.1, -0.05) is 0 Å². The van der Waals surface area contributed by atoms with Crippen LogP contribution in [-0.4, -0.2) is 34.5 Å². The van der Waals surface area contributed by atoms with Gasteiger partial charge in [0, 0.05) is 0 Å². The molecule has 0 saturated heterocycles. The molecule has 0 amide bonds. The monoisotopic (exact) mass is 143 g/mol. The molecule has 0 saturated carbocycles. The van der Waals surface area contributed by atoms with Gasteiger partial charge >= 0.3 is 0 Å². The third kappa shape index (κ3) is 73.1. The Bertz CT molecular complexity index is 16.3. The first-order valence-electron chi connectivity index (χ1n) is 1.15. The first-order chi connectivity index (χ1) is 1.73. The number of rotatable bonds is 0. The topological polar surface area (TPSA) is 3.24 Å². The van der Waals surface area contributed by atoms with Gasteiger partial charge in [-0.25, -0.2) is 0 Å². The van der Waals surface area contributed by atoms with E-state index in [1.807, 2.05) is 18.0 Å². The van der Waals surface area contributed by atoms with Crippen molar-refractivity contribution < 1.29 is 0 Å². The normalized spacial score (nSPS) is 5.83. The minimum absolute atomic E-state index is 0. The zero-order chi connectivity index (χ0) is 3.58. The van der Waals surface area contributed by atoms with E-state index in [2.05, 4.69) is 16.5 Å². The van der Waals surface area contributed by atoms with Crippen molar-refractivity contribution in [1.82, 2.24) is 3.88 Å². The first kappa shape index (κ1) is 15.7. The summed E-state index contributed by atoms with van der Waals surface area (Å²) in [6.07, 6.45) is 0. The lowest BCUT2D eigenvalue weighted by Gasteiger charge is -1.92. The highest BCUT2D eigenvalue weighted by molar-refractivity contribution is 6.03. The Morgan fingerprint density at radius 3 is 1.17 bits per heavy atom. The van der Waals surface area contributed by atoms with E-state index >= 15 is 0 Å². The van der Waals surface area contributed by atoms with Crippen LogP contribution in [0, 0.1) is 0 Å². The van der Waals surface area contributed by atoms with Gasteiger partial charge in [0.25, 0.3) is 16.5 Å². The van der Waals surface area contributed by atoms with Gasteiger partial charge in [0.1, 0.15) is 0 Å². The highest BCUT2D eigenvalue weighted by atomic mass is 35.5. The Labute approximate surface area is 59.6 Å². The van der Waals surface area contributed by atoms with Gasteiger partial charge in [0.2, 0.25) is 0 Å². The van der Waals surface area contributed by atoms with Crippen molar-refractivity contribution in [1.29, 1.82) is 0 Å². The fourth-order valence-electron chi connectivity index (χ4n) is 0. The lowest BCUT2D eigenvalue weighted by Crippen LogP contribution is -2.02. The van der Waals surface area contributed by atoms with Crippen LogP contribution >= 0.6 is 24.8 Å². The third-order valence-electron chi connectivity index (χ3n) is 0. The highest BCUT2D eigenvalue weighted by Crippen LogP contribution is 1.44. The van der Waals surface area contributed by atoms with Crippen molar-refractivity contribution in [3.63, 3.8) is 0 Å². The Balaban J connectivity index is -0.0000000450. The van der Waals surface area contributed by atoms with E-state index in [4.69, 9.17) is 0 Å². The molecule has 0 atom stereocenters. The van der Waals surface area contributed by atoms with Gasteiger partial charge in [0.15, 0.2) is 0 Å². The molecular weight excluding hydrogens is 136 g/mol. The molecule has 0 spiro atoms. The molecule has 2 radical (unpaired) electrons. The molecule has 0 aromatic rings. The molecule has 0 aliphatic carbocycles. The standard InChI is InChI=1S/C2H6N.Al.2ClH/c1-3-2;;;/h1-2H3;;2*1H/q-1;+1;;. The maximum Gasteiger partial charge on any atom is 0.255 e. The predicted octanol–water partition coefficient (Wildman–Crippen LogP) is 0.475. The summed E-state index contributed by atoms with van der Waals surface area (Å²) in [7, 11) is 3.93. The van der Waals surface area contributed by atoms with Crippen LogP contribution in [0.3, 0.4) is 0 Å². The van der Waals surface area contributed by atoms with Crippen LogP contribution in [-0.2, 0) is 0 Å². The SMILES string of the molecule is C[N](C)[Al].Cl.Cl. The van der Waals surface area contributed by atoms with Crippen LogP contribution in [0.1, 0.15) is 0 Å². The first-order valence-corrected chi connectivity index (χ1v) is 1.67. The molecule has 4 heteroatoms. The molecule has 0 fully saturated rings. The summed E-state index contributed by atoms with van der Waals surface area (Å²) in [4.78, 5) is 0. The minimum atomic E-state index is 0. The molecule has 0 heterocycles. The zero-order valence-corrected chi connectivity index (χ0v) is 6.63. The van der Waals surface area contributed by atoms with Crippen LogP contribution < -0.4 is 0 Å². The van der Waals surface area contributed by atoms with Gasteiger partial charge in [-0.05, 0) is 14.1 Å². The molecular formula is C2H8AlCl2N. The van der Waals surface area contributed by atoms with Gasteiger partial charge in [-0.2, -0.15) is 0 Å². The fraction of sp³-hybridized carbons (Fsp3) is 1.00. The van der Waals surface area contributed by atoms with Crippen molar-refractivity contribution in [2.24, 2.45) is 0 Å². The molecule has 0 aromatic carbocycles. The second-order valence-electron chi connectivity index (χ2n) is 0.964. The lowest BCUT2D eigenvalue weighted by molar-refractivity contribution is 0.679. The van der Waals surface area contributed by atoms with E-state index in [1.54, 1.807) is 0 Å². The Hall–Kier alpha value is 1.07. The van der Waals surface area contributed by atoms with Crippen LogP contribution in [0.2, 0.25) is 0 Å². The van der Waals surface area contributed by atoms with Crippen molar-refractivity contribution in [2.45, 2.75) is 0 Å². The largest absolute Gasteiger partial charge is 0.407 e. The number of nitrogens with zero attached hydrogens (tertiary/aromatic N) is 1. The van der Waals surface area contributed by atoms with E-state index in [0.29, 0.717) is 0 Å². The third-order valence-corrected chi connectivity index (χ3v) is 0. The number of hydrogen-bond donors (Lipinski definition) is 0. The average Bonchev–Trinajstić information content (AvgIpc) is 0.811. The molecule has 0 bridgehead atoms. The minimum Gasteiger partial charge on any atom is -0.407 e. The molecule has 0 unspecified atom stereocenters. The van der Waals surface area contributed by atoms with Crippen LogP contribution in [0.4, 0.5) is 0 Å². The van der Waals surface area contributed by atoms with Crippen molar-refractivity contribution >= 4 is 41.3 Å². The molecule has 38 valence electrons. The molecule has 1 nitrogen and oxygen atoms in total. The highest BCUT2D eigenvalue weighted by Gasteiger charge is 1.58. The predicted molar refractivity (Wildman–Crippen MR) is 33.9 cm³/mol. The summed E-state index contributed by atoms with van der Waals surface area (Å²) in [6, 6.07) is 0. The van der Waals surface area contributed by atoms with Crippen LogP contribution in [0.5, 0.6) is 0 Å². The smallest absolute Gasteiger partial charge is 0.255 e. The van der Waals surface area contributed by atoms with E-state index in [-0.39, 0.29) is 24.8 Å². The summed E-state index contributed by atoms with van der Waals surface area (Å²) in [5.74, 6) is 0. The molecule has 0 aliphatic heterocycles. The summed E-state index contributed by atoms with van der Waals surface area (Å²) < 4.78 is 1.92. The second kappa shape index (κ2) is 9.42. The Kier molecular flexibility index (Phi) is 24.7. The van der Waals surface area contributed by atoms with E-state index in [1.165, 1.54) is 0 Å². The van der Waals surface area contributed by atoms with Gasteiger partial charge in [-0.3, -0.25) is 0 Å². The van der Waals surface area contributed by atoms with Crippen molar-refractivity contribution in [2.75, 3.05) is 14.1 Å². The Morgan fingerprint density at radius 1 is 1.17 bits per heavy atom. The quantitative estimate of drug-likeness (QED) is 0.447. The van der Waals surface area contributed by atoms with E-state index in [9.17, 15) is 0 Å². The molecule has 0 aromatic heterocycles. The van der Waals surface area contributed by atoms with Gasteiger partial charge in [-0.15, -0.1) is 24.8 Å².